The number of nitrogens with two attached hydrogens (primary N) is 1. The summed E-state index contributed by atoms with van der Waals surface area (Å²) >= 11 is 0. The minimum atomic E-state index is -1.72. The van der Waals surface area contributed by atoms with Crippen LogP contribution in [0.2, 0.25) is 0 Å². The van der Waals surface area contributed by atoms with Crippen LogP contribution in [0.3, 0.4) is 0 Å². The van der Waals surface area contributed by atoms with Gasteiger partial charge in [0, 0.05) is 12.8 Å². The molecule has 5 atom stereocenters. The van der Waals surface area contributed by atoms with Crippen LogP contribution in [0.4, 0.5) is 0 Å². The molecule has 0 spiro atoms. The van der Waals surface area contributed by atoms with Gasteiger partial charge < -0.3 is 42.1 Å². The Bertz CT molecular complexity index is 953. The van der Waals surface area contributed by atoms with Crippen molar-refractivity contribution in [1.82, 2.24) is 16.0 Å². The zero-order valence-electron chi connectivity index (χ0n) is 19.4. The van der Waals surface area contributed by atoms with Crippen LogP contribution in [0.1, 0.15) is 31.7 Å². The second-order valence-electron chi connectivity index (χ2n) is 8.01. The Kier molecular flexibility index (Phi) is 12.0. The molecule has 0 saturated carbocycles. The molecular formula is C22H30N4O10. The maximum absolute atomic E-state index is 12.8. The topological polar surface area (TPSA) is 245 Å². The van der Waals surface area contributed by atoms with Gasteiger partial charge in [-0.2, -0.15) is 0 Å². The summed E-state index contributed by atoms with van der Waals surface area (Å²) in [5.41, 5.74) is 6.08. The van der Waals surface area contributed by atoms with E-state index in [4.69, 9.17) is 15.9 Å². The van der Waals surface area contributed by atoms with Gasteiger partial charge in [0.2, 0.25) is 17.7 Å². The number of aliphatic carboxylic acids is 3. The third-order valence-electron chi connectivity index (χ3n) is 5.01. The lowest BCUT2D eigenvalue weighted by Gasteiger charge is -2.25. The van der Waals surface area contributed by atoms with Crippen molar-refractivity contribution in [2.45, 2.75) is 62.9 Å². The fourth-order valence-corrected chi connectivity index (χ4v) is 3.00. The quantitative estimate of drug-likeness (QED) is 0.126. The molecule has 36 heavy (non-hydrogen) atoms. The molecular weight excluding hydrogens is 480 g/mol. The lowest BCUT2D eigenvalue weighted by molar-refractivity contribution is -0.143. The molecule has 0 bridgehead atoms. The van der Waals surface area contributed by atoms with Crippen LogP contribution in [0, 0.1) is 0 Å². The van der Waals surface area contributed by atoms with E-state index in [9.17, 15) is 39.0 Å². The van der Waals surface area contributed by atoms with E-state index in [-0.39, 0.29) is 6.42 Å². The van der Waals surface area contributed by atoms with Gasteiger partial charge in [-0.05, 0) is 18.9 Å². The summed E-state index contributed by atoms with van der Waals surface area (Å²) in [7, 11) is 0. The average Bonchev–Trinajstić information content (AvgIpc) is 2.80. The smallest absolute Gasteiger partial charge is 0.326 e. The number of carbonyl (C=O) groups is 6. The van der Waals surface area contributed by atoms with Crippen LogP contribution in [-0.4, -0.2) is 86.3 Å². The van der Waals surface area contributed by atoms with Crippen LogP contribution in [0.15, 0.2) is 30.3 Å². The number of carbonyl (C=O) groups excluding carboxylic acids is 3. The third-order valence-corrected chi connectivity index (χ3v) is 5.01. The van der Waals surface area contributed by atoms with Crippen molar-refractivity contribution in [3.8, 4) is 0 Å². The van der Waals surface area contributed by atoms with Crippen molar-refractivity contribution in [2.75, 3.05) is 0 Å². The van der Waals surface area contributed by atoms with Gasteiger partial charge in [-0.3, -0.25) is 24.0 Å². The zero-order chi connectivity index (χ0) is 27.4. The minimum Gasteiger partial charge on any atom is -0.481 e. The van der Waals surface area contributed by atoms with E-state index in [1.807, 2.05) is 0 Å². The number of amides is 3. The summed E-state index contributed by atoms with van der Waals surface area (Å²) < 4.78 is 0. The van der Waals surface area contributed by atoms with Crippen LogP contribution >= 0.6 is 0 Å². The molecule has 9 N–H and O–H groups in total. The number of aliphatic hydroxyl groups is 1. The van der Waals surface area contributed by atoms with Crippen LogP contribution in [-0.2, 0) is 35.2 Å². The molecule has 0 heterocycles. The molecule has 14 nitrogen and oxygen atoms in total. The summed E-state index contributed by atoms with van der Waals surface area (Å²) in [6.45, 7) is 1.21. The predicted molar refractivity (Wildman–Crippen MR) is 122 cm³/mol. The molecule has 0 fully saturated rings. The fourth-order valence-electron chi connectivity index (χ4n) is 3.00. The zero-order valence-corrected chi connectivity index (χ0v) is 19.4. The van der Waals surface area contributed by atoms with Crippen LogP contribution in [0.25, 0.3) is 0 Å². The van der Waals surface area contributed by atoms with Crippen molar-refractivity contribution in [2.24, 2.45) is 5.73 Å². The number of hydrogen-bond acceptors (Lipinski definition) is 8. The van der Waals surface area contributed by atoms with Gasteiger partial charge in [-0.25, -0.2) is 4.79 Å². The Morgan fingerprint density at radius 1 is 0.806 bits per heavy atom. The van der Waals surface area contributed by atoms with E-state index in [1.54, 1.807) is 30.3 Å². The minimum absolute atomic E-state index is 0.101. The Morgan fingerprint density at radius 2 is 1.33 bits per heavy atom. The molecule has 1 aromatic carbocycles. The van der Waals surface area contributed by atoms with Crippen molar-refractivity contribution in [3.63, 3.8) is 0 Å². The molecule has 5 unspecified atom stereocenters. The summed E-state index contributed by atoms with van der Waals surface area (Å²) in [6.07, 6.45) is -3.37. The van der Waals surface area contributed by atoms with Gasteiger partial charge in [0.1, 0.15) is 24.2 Å². The SMILES string of the molecule is CC(O)C(N)C(=O)NC(CC(=O)O)C(=O)NC(CCC(=O)O)C(=O)NC(Cc1ccccc1)C(=O)O. The number of rotatable bonds is 15. The number of carboxylic acids is 3. The highest BCUT2D eigenvalue weighted by Crippen LogP contribution is 2.07. The normalized spacial score (nSPS) is 14.9. The molecule has 1 aromatic rings. The lowest BCUT2D eigenvalue weighted by Crippen LogP contribution is -2.58. The number of aliphatic hydroxyl groups excluding tert-OH is 1. The molecule has 0 aliphatic carbocycles. The van der Waals surface area contributed by atoms with E-state index in [2.05, 4.69) is 16.0 Å². The number of hydrogen-bond donors (Lipinski definition) is 8. The van der Waals surface area contributed by atoms with E-state index < -0.39 is 85.2 Å². The summed E-state index contributed by atoms with van der Waals surface area (Å²) in [6, 6.07) is 2.17. The standard InChI is InChI=1S/C22H30N4O10/c1-11(27)18(23)21(34)25-14(10-17(30)31)20(33)24-13(7-8-16(28)29)19(32)26-15(22(35)36)9-12-5-3-2-4-6-12/h2-6,11,13-15,18,27H,7-10,23H2,1H3,(H,24,33)(H,25,34)(H,26,32)(H,28,29)(H,30,31)(H,35,36). The molecule has 1 rings (SSSR count). The highest BCUT2D eigenvalue weighted by molar-refractivity contribution is 5.95. The lowest BCUT2D eigenvalue weighted by atomic mass is 10.0. The summed E-state index contributed by atoms with van der Waals surface area (Å²) in [4.78, 5) is 71.6. The largest absolute Gasteiger partial charge is 0.481 e. The average molecular weight is 511 g/mol. The first-order valence-corrected chi connectivity index (χ1v) is 10.9. The van der Waals surface area contributed by atoms with Gasteiger partial charge in [-0.1, -0.05) is 30.3 Å². The Morgan fingerprint density at radius 3 is 1.83 bits per heavy atom. The Balaban J connectivity index is 3.05. The fraction of sp³-hybridized carbons (Fsp3) is 0.455. The van der Waals surface area contributed by atoms with Crippen molar-refractivity contribution >= 4 is 35.6 Å². The first kappa shape index (κ1) is 30.0. The number of carboxylic acid groups (broad SMARTS) is 3. The number of benzene rings is 1. The molecule has 0 aliphatic rings. The van der Waals surface area contributed by atoms with Crippen molar-refractivity contribution in [1.29, 1.82) is 0 Å². The van der Waals surface area contributed by atoms with Crippen LogP contribution in [0.5, 0.6) is 0 Å². The van der Waals surface area contributed by atoms with Gasteiger partial charge in [0.05, 0.1) is 12.5 Å². The van der Waals surface area contributed by atoms with E-state index in [1.165, 1.54) is 6.92 Å². The Hall–Kier alpha value is -4.04. The molecule has 0 aliphatic heterocycles. The highest BCUT2D eigenvalue weighted by Gasteiger charge is 2.32. The first-order chi connectivity index (χ1) is 16.8. The van der Waals surface area contributed by atoms with Crippen molar-refractivity contribution < 1.29 is 49.2 Å². The second-order valence-corrected chi connectivity index (χ2v) is 8.01. The molecule has 0 saturated heterocycles. The molecule has 14 heteroatoms. The maximum Gasteiger partial charge on any atom is 0.326 e. The first-order valence-electron chi connectivity index (χ1n) is 10.9. The molecule has 3 amide bonds. The monoisotopic (exact) mass is 510 g/mol. The van der Waals surface area contributed by atoms with Crippen molar-refractivity contribution in [3.05, 3.63) is 35.9 Å². The maximum atomic E-state index is 12.8. The predicted octanol–water partition coefficient (Wildman–Crippen LogP) is -2.18. The van der Waals surface area contributed by atoms with Gasteiger partial charge in [0.25, 0.3) is 0 Å². The second kappa shape index (κ2) is 14.4. The van der Waals surface area contributed by atoms with Gasteiger partial charge in [0.15, 0.2) is 0 Å². The van der Waals surface area contributed by atoms with E-state index >= 15 is 0 Å². The molecule has 0 aromatic heterocycles. The van der Waals surface area contributed by atoms with E-state index in [0.717, 1.165) is 0 Å². The third kappa shape index (κ3) is 10.5. The molecule has 198 valence electrons. The molecule has 0 radical (unpaired) electrons. The van der Waals surface area contributed by atoms with E-state index in [0.29, 0.717) is 5.56 Å². The summed E-state index contributed by atoms with van der Waals surface area (Å²) in [5, 5.41) is 43.5. The Labute approximate surface area is 205 Å². The van der Waals surface area contributed by atoms with Crippen LogP contribution < -0.4 is 21.7 Å². The van der Waals surface area contributed by atoms with Gasteiger partial charge in [-0.15, -0.1) is 0 Å². The summed E-state index contributed by atoms with van der Waals surface area (Å²) in [5.74, 6) is -7.37. The van der Waals surface area contributed by atoms with Gasteiger partial charge >= 0.3 is 17.9 Å². The number of nitrogens with one attached hydrogen (secondary N) is 3. The highest BCUT2D eigenvalue weighted by atomic mass is 16.4.